The second kappa shape index (κ2) is 6.31. The third-order valence-corrected chi connectivity index (χ3v) is 6.56. The first kappa shape index (κ1) is 17.1. The molecule has 2 heterocycles. The molecule has 3 rings (SSSR count). The highest BCUT2D eigenvalue weighted by Crippen LogP contribution is 2.48. The van der Waals surface area contributed by atoms with Crippen molar-refractivity contribution in [3.8, 4) is 11.4 Å². The van der Waals surface area contributed by atoms with Crippen molar-refractivity contribution >= 4 is 0 Å². The van der Waals surface area contributed by atoms with E-state index in [0.717, 1.165) is 25.1 Å². The lowest BCUT2D eigenvalue weighted by Crippen LogP contribution is -2.67. The molecule has 2 heteroatoms. The van der Waals surface area contributed by atoms with Crippen molar-refractivity contribution in [2.45, 2.75) is 77.7 Å². The number of unbranched alkanes of at least 4 members (excludes halogenated alkanes) is 1. The fraction of sp³-hybridized carbons (Fsp3) is 0.545. The lowest BCUT2D eigenvalue weighted by Gasteiger charge is -2.47. The van der Waals surface area contributed by atoms with Crippen LogP contribution >= 0.6 is 0 Å². The Bertz CT molecular complexity index is 736. The maximum Gasteiger partial charge on any atom is 0.331 e. The van der Waals surface area contributed by atoms with E-state index in [1.165, 1.54) is 29.7 Å². The van der Waals surface area contributed by atoms with Crippen molar-refractivity contribution in [1.82, 2.24) is 4.98 Å². The highest BCUT2D eigenvalue weighted by atomic mass is 15.1. The molecule has 24 heavy (non-hydrogen) atoms. The van der Waals surface area contributed by atoms with E-state index >= 15 is 0 Å². The van der Waals surface area contributed by atoms with Gasteiger partial charge in [-0.2, -0.15) is 0 Å². The Morgan fingerprint density at radius 1 is 1.00 bits per heavy atom. The predicted octanol–water partition coefficient (Wildman–Crippen LogP) is 5.19. The van der Waals surface area contributed by atoms with Gasteiger partial charge in [-0.3, -0.25) is 0 Å². The van der Waals surface area contributed by atoms with Crippen LogP contribution in [-0.2, 0) is 17.4 Å². The first-order valence-corrected chi connectivity index (χ1v) is 9.53. The number of aryl methyl sites for hydroxylation is 1. The monoisotopic (exact) mass is 323 g/mol. The molecule has 0 aliphatic carbocycles. The van der Waals surface area contributed by atoms with E-state index in [2.05, 4.69) is 75.7 Å². The van der Waals surface area contributed by atoms with Crippen molar-refractivity contribution in [2.24, 2.45) is 0 Å². The summed E-state index contributed by atoms with van der Waals surface area (Å²) >= 11 is 0. The van der Waals surface area contributed by atoms with Crippen LogP contribution in [0.1, 0.15) is 71.6 Å². The molecule has 2 aromatic rings. The molecule has 0 spiro atoms. The molecule has 128 valence electrons. The van der Waals surface area contributed by atoms with E-state index in [1.807, 2.05) is 0 Å². The van der Waals surface area contributed by atoms with Crippen molar-refractivity contribution in [1.29, 1.82) is 0 Å². The summed E-state index contributed by atoms with van der Waals surface area (Å²) < 4.78 is 2.45. The number of nitrogens with zero attached hydrogens (tertiary/aromatic N) is 2. The van der Waals surface area contributed by atoms with Gasteiger partial charge in [0.05, 0.1) is 11.8 Å². The summed E-state index contributed by atoms with van der Waals surface area (Å²) in [5.74, 6) is 1.15. The fourth-order valence-corrected chi connectivity index (χ4v) is 4.39. The van der Waals surface area contributed by atoms with Crippen molar-refractivity contribution in [3.63, 3.8) is 0 Å². The number of aromatic nitrogens is 2. The summed E-state index contributed by atoms with van der Waals surface area (Å²) in [6.45, 7) is 11.7. The fourth-order valence-electron chi connectivity index (χ4n) is 4.39. The van der Waals surface area contributed by atoms with Crippen LogP contribution in [0.3, 0.4) is 0 Å². The number of benzene rings is 1. The molecule has 2 nitrogen and oxygen atoms in total. The molecule has 1 aliphatic heterocycles. The minimum atomic E-state index is 0.0434. The maximum atomic E-state index is 5.10. The Balaban J connectivity index is 2.26. The number of hydrogen-bond acceptors (Lipinski definition) is 1. The van der Waals surface area contributed by atoms with E-state index in [4.69, 9.17) is 4.98 Å². The lowest BCUT2D eigenvalue weighted by molar-refractivity contribution is -0.767. The minimum Gasteiger partial charge on any atom is -0.224 e. The van der Waals surface area contributed by atoms with E-state index in [-0.39, 0.29) is 11.0 Å². The van der Waals surface area contributed by atoms with Crippen LogP contribution in [0.25, 0.3) is 11.4 Å². The van der Waals surface area contributed by atoms with Gasteiger partial charge < -0.3 is 0 Å². The largest absolute Gasteiger partial charge is 0.331 e. The van der Waals surface area contributed by atoms with Crippen LogP contribution in [0.5, 0.6) is 0 Å². The van der Waals surface area contributed by atoms with Gasteiger partial charge in [-0.15, -0.1) is 0 Å². The number of hydrogen-bond donors (Lipinski definition) is 0. The summed E-state index contributed by atoms with van der Waals surface area (Å²) in [4.78, 5) is 5.10. The van der Waals surface area contributed by atoms with Crippen molar-refractivity contribution < 1.29 is 4.57 Å². The van der Waals surface area contributed by atoms with Crippen LogP contribution in [0, 0.1) is 0 Å². The quantitative estimate of drug-likeness (QED) is 0.692. The van der Waals surface area contributed by atoms with Crippen molar-refractivity contribution in [3.05, 3.63) is 47.8 Å². The second-order valence-corrected chi connectivity index (χ2v) is 7.57. The summed E-state index contributed by atoms with van der Waals surface area (Å²) in [6.07, 6.45) is 8.00. The van der Waals surface area contributed by atoms with Gasteiger partial charge in [0.1, 0.15) is 5.54 Å². The van der Waals surface area contributed by atoms with E-state index in [9.17, 15) is 0 Å². The van der Waals surface area contributed by atoms with Gasteiger partial charge in [0.2, 0.25) is 0 Å². The average molecular weight is 324 g/mol. The molecule has 1 aliphatic rings. The van der Waals surface area contributed by atoms with E-state index in [0.29, 0.717) is 0 Å². The third kappa shape index (κ3) is 2.30. The Kier molecular flexibility index (Phi) is 4.50. The molecule has 0 fully saturated rings. The number of rotatable bonds is 5. The van der Waals surface area contributed by atoms with Gasteiger partial charge >= 0.3 is 5.82 Å². The first-order chi connectivity index (χ1) is 11.5. The predicted molar refractivity (Wildman–Crippen MR) is 100 cm³/mol. The molecular formula is C22H31N2+. The third-order valence-electron chi connectivity index (χ3n) is 6.56. The summed E-state index contributed by atoms with van der Waals surface area (Å²) in [6, 6.07) is 11.1. The van der Waals surface area contributed by atoms with Crippen molar-refractivity contribution in [2.75, 3.05) is 0 Å². The van der Waals surface area contributed by atoms with Gasteiger partial charge in [-0.05, 0) is 42.8 Å². The molecule has 0 saturated carbocycles. The first-order valence-electron chi connectivity index (χ1n) is 9.53. The normalized spacial score (nSPS) is 25.2. The summed E-state index contributed by atoms with van der Waals surface area (Å²) in [7, 11) is 0. The topological polar surface area (TPSA) is 16.8 Å². The minimum absolute atomic E-state index is 0.0434. The lowest BCUT2D eigenvalue weighted by atomic mass is 9.61. The Morgan fingerprint density at radius 2 is 1.75 bits per heavy atom. The molecule has 0 radical (unpaired) electrons. The standard InChI is InChI=1S/C22H31N2/c1-6-9-12-17-15-16-24-20(23-17)18-13-10-11-14-19(18)21(4,7-2)22(24,5)8-3/h10-11,13-16H,6-9,12H2,1-5H3/q+1. The van der Waals surface area contributed by atoms with Gasteiger partial charge in [0.15, 0.2) is 5.69 Å². The molecular weight excluding hydrogens is 292 g/mol. The highest BCUT2D eigenvalue weighted by Gasteiger charge is 2.54. The molecule has 0 N–H and O–H groups in total. The average Bonchev–Trinajstić information content (AvgIpc) is 2.64. The molecule has 0 bridgehead atoms. The number of fused-ring (bicyclic) bond motifs is 3. The van der Waals surface area contributed by atoms with Crippen LogP contribution < -0.4 is 4.57 Å². The van der Waals surface area contributed by atoms with E-state index < -0.39 is 0 Å². The smallest absolute Gasteiger partial charge is 0.224 e. The van der Waals surface area contributed by atoms with Gasteiger partial charge in [-0.25, -0.2) is 4.57 Å². The Labute approximate surface area is 147 Å². The summed E-state index contributed by atoms with van der Waals surface area (Å²) in [5, 5.41) is 0. The second-order valence-electron chi connectivity index (χ2n) is 7.57. The van der Waals surface area contributed by atoms with Crippen LogP contribution in [0.15, 0.2) is 36.5 Å². The van der Waals surface area contributed by atoms with Gasteiger partial charge in [0.25, 0.3) is 0 Å². The van der Waals surface area contributed by atoms with Gasteiger partial charge in [-0.1, -0.05) is 52.3 Å². The Morgan fingerprint density at radius 3 is 2.42 bits per heavy atom. The molecule has 1 aromatic heterocycles. The molecule has 1 aromatic carbocycles. The molecule has 0 saturated heterocycles. The SMILES string of the molecule is CCCCc1cc[n+]2c(n1)-c1ccccc1C(C)(CC)C2(C)CC. The van der Waals surface area contributed by atoms with Crippen LogP contribution in [0.4, 0.5) is 0 Å². The highest BCUT2D eigenvalue weighted by molar-refractivity contribution is 5.62. The molecule has 0 amide bonds. The molecule has 2 unspecified atom stereocenters. The maximum absolute atomic E-state index is 5.10. The van der Waals surface area contributed by atoms with Gasteiger partial charge in [0, 0.05) is 17.9 Å². The molecule has 2 atom stereocenters. The zero-order valence-corrected chi connectivity index (χ0v) is 15.9. The zero-order valence-electron chi connectivity index (χ0n) is 15.9. The van der Waals surface area contributed by atoms with Crippen LogP contribution in [-0.4, -0.2) is 4.98 Å². The Hall–Kier alpha value is -1.70. The zero-order chi connectivity index (χ0) is 17.4. The summed E-state index contributed by atoms with van der Waals surface area (Å²) in [5.41, 5.74) is 4.14. The van der Waals surface area contributed by atoms with E-state index in [1.54, 1.807) is 0 Å². The van der Waals surface area contributed by atoms with Crippen LogP contribution in [0.2, 0.25) is 0 Å².